The molecule has 3 rings (SSSR count). The molecular weight excluding hydrogens is 214 g/mol. The number of fused-ring (bicyclic) bond motifs is 3. The minimum atomic E-state index is -0.0263. The Morgan fingerprint density at radius 3 is 3.20 bits per heavy atom. The number of nitrogens with zero attached hydrogens (tertiary/aromatic N) is 2. The molecule has 4 nitrogen and oxygen atoms in total. The van der Waals surface area contributed by atoms with Crippen molar-refractivity contribution in [2.24, 2.45) is 4.99 Å². The van der Waals surface area contributed by atoms with Gasteiger partial charge in [0.1, 0.15) is 6.54 Å². The van der Waals surface area contributed by atoms with Gasteiger partial charge in [-0.25, -0.2) is 4.99 Å². The average Bonchev–Trinajstić information content (AvgIpc) is 2.59. The standard InChI is InChI=1S/C10H8ClN3O/c11-7-2-1-3-8-6(7)4-12-10-13-9(15)5-14(8)10/h1-3H,4-5H2,(H,12,13,15). The third-order valence-corrected chi connectivity index (χ3v) is 2.93. The molecule has 1 fully saturated rings. The predicted molar refractivity (Wildman–Crippen MR) is 58.1 cm³/mol. The van der Waals surface area contributed by atoms with Crippen molar-refractivity contribution in [3.63, 3.8) is 0 Å². The van der Waals surface area contributed by atoms with Gasteiger partial charge in [0.05, 0.1) is 12.2 Å². The van der Waals surface area contributed by atoms with E-state index in [2.05, 4.69) is 10.3 Å². The highest BCUT2D eigenvalue weighted by atomic mass is 35.5. The summed E-state index contributed by atoms with van der Waals surface area (Å²) >= 11 is 6.07. The summed E-state index contributed by atoms with van der Waals surface area (Å²) in [5.74, 6) is 0.608. The van der Waals surface area contributed by atoms with Gasteiger partial charge in [-0.3, -0.25) is 10.1 Å². The molecule has 1 aromatic rings. The molecule has 15 heavy (non-hydrogen) atoms. The van der Waals surface area contributed by atoms with Crippen molar-refractivity contribution in [1.82, 2.24) is 5.32 Å². The SMILES string of the molecule is O=C1CN2C(=NCc3c(Cl)cccc32)N1. The van der Waals surface area contributed by atoms with Gasteiger partial charge >= 0.3 is 0 Å². The Morgan fingerprint density at radius 1 is 1.47 bits per heavy atom. The highest BCUT2D eigenvalue weighted by molar-refractivity contribution is 6.32. The fourth-order valence-electron chi connectivity index (χ4n) is 1.88. The molecule has 2 heterocycles. The molecule has 1 aromatic carbocycles. The van der Waals surface area contributed by atoms with Gasteiger partial charge < -0.3 is 4.90 Å². The Bertz CT molecular complexity index is 484. The van der Waals surface area contributed by atoms with Crippen LogP contribution in [0.5, 0.6) is 0 Å². The minimum absolute atomic E-state index is 0.0263. The molecular formula is C10H8ClN3O. The molecule has 5 heteroatoms. The smallest absolute Gasteiger partial charge is 0.246 e. The first-order valence-corrected chi connectivity index (χ1v) is 5.03. The molecule has 1 amide bonds. The lowest BCUT2D eigenvalue weighted by molar-refractivity contribution is -0.117. The van der Waals surface area contributed by atoms with E-state index in [0.29, 0.717) is 24.1 Å². The summed E-state index contributed by atoms with van der Waals surface area (Å²) in [5, 5.41) is 3.41. The van der Waals surface area contributed by atoms with Crippen LogP contribution in [0.1, 0.15) is 5.56 Å². The maximum atomic E-state index is 11.2. The first kappa shape index (κ1) is 8.73. The second kappa shape index (κ2) is 2.97. The number of rotatable bonds is 0. The summed E-state index contributed by atoms with van der Waals surface area (Å²) < 4.78 is 0. The number of benzene rings is 1. The van der Waals surface area contributed by atoms with Gasteiger partial charge in [-0.2, -0.15) is 0 Å². The summed E-state index contributed by atoms with van der Waals surface area (Å²) in [7, 11) is 0. The molecule has 76 valence electrons. The quantitative estimate of drug-likeness (QED) is 0.714. The van der Waals surface area contributed by atoms with Crippen molar-refractivity contribution in [3.05, 3.63) is 28.8 Å². The first-order valence-electron chi connectivity index (χ1n) is 4.65. The van der Waals surface area contributed by atoms with Crippen LogP contribution < -0.4 is 10.2 Å². The normalized spacial score (nSPS) is 18.1. The van der Waals surface area contributed by atoms with Crippen LogP contribution >= 0.6 is 11.6 Å². The number of anilines is 1. The van der Waals surface area contributed by atoms with E-state index in [1.165, 1.54) is 0 Å². The van der Waals surface area contributed by atoms with Crippen molar-refractivity contribution >= 4 is 29.2 Å². The molecule has 0 saturated carbocycles. The van der Waals surface area contributed by atoms with Crippen molar-refractivity contribution in [2.45, 2.75) is 6.54 Å². The van der Waals surface area contributed by atoms with Gasteiger partial charge in [-0.05, 0) is 12.1 Å². The van der Waals surface area contributed by atoms with Gasteiger partial charge in [0.2, 0.25) is 11.9 Å². The highest BCUT2D eigenvalue weighted by Crippen LogP contribution is 2.32. The van der Waals surface area contributed by atoms with Crippen LogP contribution in [0.2, 0.25) is 5.02 Å². The Kier molecular flexibility index (Phi) is 1.73. The molecule has 0 unspecified atom stereocenters. The van der Waals surface area contributed by atoms with Crippen LogP contribution in [-0.4, -0.2) is 18.4 Å². The largest absolute Gasteiger partial charge is 0.303 e. The van der Waals surface area contributed by atoms with Crippen LogP contribution in [0.4, 0.5) is 5.69 Å². The molecule has 0 bridgehead atoms. The fraction of sp³-hybridized carbons (Fsp3) is 0.200. The van der Waals surface area contributed by atoms with Gasteiger partial charge in [0.25, 0.3) is 0 Å². The van der Waals surface area contributed by atoms with Gasteiger partial charge in [0, 0.05) is 10.6 Å². The number of carbonyl (C=O) groups is 1. The zero-order chi connectivity index (χ0) is 10.4. The number of amides is 1. The fourth-order valence-corrected chi connectivity index (χ4v) is 2.11. The summed E-state index contributed by atoms with van der Waals surface area (Å²) in [6, 6.07) is 5.68. The van der Waals surface area contributed by atoms with Gasteiger partial charge in [-0.15, -0.1) is 0 Å². The lowest BCUT2D eigenvalue weighted by atomic mass is 10.1. The molecule has 1 saturated heterocycles. The average molecular weight is 222 g/mol. The highest BCUT2D eigenvalue weighted by Gasteiger charge is 2.30. The maximum Gasteiger partial charge on any atom is 0.246 e. The summed E-state index contributed by atoms with van der Waals surface area (Å²) in [5.41, 5.74) is 1.96. The molecule has 0 atom stereocenters. The number of carbonyl (C=O) groups excluding carboxylic acids is 1. The van der Waals surface area contributed by atoms with Crippen LogP contribution in [0.3, 0.4) is 0 Å². The zero-order valence-corrected chi connectivity index (χ0v) is 8.58. The zero-order valence-electron chi connectivity index (χ0n) is 7.83. The minimum Gasteiger partial charge on any atom is -0.303 e. The Morgan fingerprint density at radius 2 is 2.33 bits per heavy atom. The van der Waals surface area contributed by atoms with Gasteiger partial charge in [0.15, 0.2) is 0 Å². The first-order chi connectivity index (χ1) is 7.25. The summed E-state index contributed by atoms with van der Waals surface area (Å²) in [6.07, 6.45) is 0. The Hall–Kier alpha value is -1.55. The molecule has 1 N–H and O–H groups in total. The molecule has 0 aliphatic carbocycles. The van der Waals surface area contributed by atoms with E-state index in [4.69, 9.17) is 11.6 Å². The van der Waals surface area contributed by atoms with E-state index in [9.17, 15) is 4.79 Å². The topological polar surface area (TPSA) is 44.7 Å². The van der Waals surface area contributed by atoms with Crippen LogP contribution in [0, 0.1) is 0 Å². The third kappa shape index (κ3) is 1.22. The van der Waals surface area contributed by atoms with E-state index >= 15 is 0 Å². The monoisotopic (exact) mass is 221 g/mol. The van der Waals surface area contributed by atoms with Crippen molar-refractivity contribution in [2.75, 3.05) is 11.4 Å². The lowest BCUT2D eigenvalue weighted by Gasteiger charge is -2.24. The van der Waals surface area contributed by atoms with Gasteiger partial charge in [-0.1, -0.05) is 17.7 Å². The summed E-state index contributed by atoms with van der Waals surface area (Å²) in [4.78, 5) is 17.4. The third-order valence-electron chi connectivity index (χ3n) is 2.58. The van der Waals surface area contributed by atoms with E-state index < -0.39 is 0 Å². The molecule has 0 spiro atoms. The lowest BCUT2D eigenvalue weighted by Crippen LogP contribution is -2.33. The van der Waals surface area contributed by atoms with Crippen molar-refractivity contribution in [3.8, 4) is 0 Å². The number of hydrogen-bond acceptors (Lipinski definition) is 3. The van der Waals surface area contributed by atoms with E-state index in [1.54, 1.807) is 0 Å². The number of halogens is 1. The van der Waals surface area contributed by atoms with E-state index in [1.807, 2.05) is 23.1 Å². The van der Waals surface area contributed by atoms with Crippen LogP contribution in [0.25, 0.3) is 0 Å². The second-order valence-corrected chi connectivity index (χ2v) is 3.92. The predicted octanol–water partition coefficient (Wildman–Crippen LogP) is 1.15. The number of guanidine groups is 1. The van der Waals surface area contributed by atoms with E-state index in [0.717, 1.165) is 11.3 Å². The van der Waals surface area contributed by atoms with E-state index in [-0.39, 0.29) is 5.91 Å². The van der Waals surface area contributed by atoms with Crippen LogP contribution in [-0.2, 0) is 11.3 Å². The molecule has 2 aliphatic rings. The number of hydrogen-bond donors (Lipinski definition) is 1. The second-order valence-electron chi connectivity index (χ2n) is 3.51. The molecule has 2 aliphatic heterocycles. The number of nitrogens with one attached hydrogen (secondary N) is 1. The Labute approximate surface area is 91.5 Å². The van der Waals surface area contributed by atoms with Crippen molar-refractivity contribution in [1.29, 1.82) is 0 Å². The van der Waals surface area contributed by atoms with Crippen LogP contribution in [0.15, 0.2) is 23.2 Å². The molecule has 0 radical (unpaired) electrons. The van der Waals surface area contributed by atoms with Crippen molar-refractivity contribution < 1.29 is 4.79 Å². The number of aliphatic imine (C=N–C) groups is 1. The summed E-state index contributed by atoms with van der Waals surface area (Å²) in [6.45, 7) is 0.854. The molecule has 0 aromatic heterocycles. The Balaban J connectivity index is 2.14. The maximum absolute atomic E-state index is 11.2.